The quantitative estimate of drug-likeness (QED) is 0.586. The van der Waals surface area contributed by atoms with E-state index in [0.717, 1.165) is 0 Å². The van der Waals surface area contributed by atoms with Gasteiger partial charge in [0.25, 0.3) is 0 Å². The molecule has 0 aliphatic rings. The van der Waals surface area contributed by atoms with E-state index in [4.69, 9.17) is 4.74 Å². The summed E-state index contributed by atoms with van der Waals surface area (Å²) in [6.07, 6.45) is -1.97. The van der Waals surface area contributed by atoms with Gasteiger partial charge in [-0.05, 0) is 24.6 Å². The Balaban J connectivity index is 2.93. The number of aliphatic hydroxyl groups is 2. The van der Waals surface area contributed by atoms with E-state index in [1.165, 1.54) is 18.2 Å². The lowest BCUT2D eigenvalue weighted by atomic mass is 10.0. The van der Waals surface area contributed by atoms with Crippen LogP contribution in [0.1, 0.15) is 18.6 Å². The van der Waals surface area contributed by atoms with E-state index in [2.05, 4.69) is 12.6 Å². The average Bonchev–Trinajstić information content (AvgIpc) is 2.30. The third-order valence-corrected chi connectivity index (χ3v) is 2.55. The molecule has 0 heterocycles. The van der Waals surface area contributed by atoms with Crippen LogP contribution >= 0.6 is 12.6 Å². The van der Waals surface area contributed by atoms with Crippen molar-refractivity contribution in [2.75, 3.05) is 12.4 Å². The van der Waals surface area contributed by atoms with Crippen LogP contribution in [0.2, 0.25) is 0 Å². The Bertz CT molecular complexity index is 343. The molecule has 5 heteroatoms. The molecule has 0 spiro atoms. The summed E-state index contributed by atoms with van der Waals surface area (Å²) in [4.78, 5) is 0. The van der Waals surface area contributed by atoms with Gasteiger partial charge in [-0.2, -0.15) is 12.6 Å². The van der Waals surface area contributed by atoms with Gasteiger partial charge in [0.1, 0.15) is 6.10 Å². The highest BCUT2D eigenvalue weighted by atomic mass is 32.1. The van der Waals surface area contributed by atoms with Crippen molar-refractivity contribution < 1.29 is 20.1 Å². The summed E-state index contributed by atoms with van der Waals surface area (Å²) in [5.74, 6) is 0.468. The van der Waals surface area contributed by atoms with Gasteiger partial charge < -0.3 is 20.1 Å². The minimum Gasteiger partial charge on any atom is -0.504 e. The maximum absolute atomic E-state index is 9.74. The summed E-state index contributed by atoms with van der Waals surface area (Å²) in [7, 11) is 0. The fourth-order valence-electron chi connectivity index (χ4n) is 1.31. The Labute approximate surface area is 99.9 Å². The first-order valence-corrected chi connectivity index (χ1v) is 5.66. The molecule has 0 radical (unpaired) electrons. The highest BCUT2D eigenvalue weighted by Crippen LogP contribution is 2.30. The SMILES string of the molecule is CCOc1cc(C(O)C(O)CS)ccc1O. The molecule has 0 saturated heterocycles. The highest BCUT2D eigenvalue weighted by molar-refractivity contribution is 7.80. The maximum Gasteiger partial charge on any atom is 0.161 e. The molecule has 16 heavy (non-hydrogen) atoms. The van der Waals surface area contributed by atoms with Gasteiger partial charge in [0, 0.05) is 5.75 Å². The molecular weight excluding hydrogens is 228 g/mol. The van der Waals surface area contributed by atoms with E-state index in [0.29, 0.717) is 17.9 Å². The van der Waals surface area contributed by atoms with Gasteiger partial charge in [-0.3, -0.25) is 0 Å². The molecular formula is C11H16O4S. The molecule has 90 valence electrons. The second-order valence-corrected chi connectivity index (χ2v) is 3.72. The molecule has 2 atom stereocenters. The number of aromatic hydroxyl groups is 1. The fraction of sp³-hybridized carbons (Fsp3) is 0.455. The number of phenols is 1. The second-order valence-electron chi connectivity index (χ2n) is 3.35. The number of aliphatic hydroxyl groups excluding tert-OH is 2. The Morgan fingerprint density at radius 1 is 1.38 bits per heavy atom. The zero-order valence-corrected chi connectivity index (χ0v) is 9.89. The topological polar surface area (TPSA) is 69.9 Å². The molecule has 0 amide bonds. The summed E-state index contributed by atoms with van der Waals surface area (Å²) in [5, 5.41) is 28.6. The third kappa shape index (κ3) is 3.04. The number of hydrogen-bond donors (Lipinski definition) is 4. The predicted octanol–water partition coefficient (Wildman–Crippen LogP) is 1.11. The summed E-state index contributed by atoms with van der Waals surface area (Å²) in [5.41, 5.74) is 0.489. The van der Waals surface area contributed by atoms with Crippen molar-refractivity contribution >= 4 is 12.6 Å². The second kappa shape index (κ2) is 5.98. The minimum absolute atomic E-state index is 0.0122. The molecule has 0 bridgehead atoms. The third-order valence-electron chi connectivity index (χ3n) is 2.18. The lowest BCUT2D eigenvalue weighted by molar-refractivity contribution is 0.0336. The van der Waals surface area contributed by atoms with Gasteiger partial charge in [-0.15, -0.1) is 0 Å². The van der Waals surface area contributed by atoms with Crippen LogP contribution < -0.4 is 4.74 Å². The molecule has 0 saturated carbocycles. The van der Waals surface area contributed by atoms with Crippen LogP contribution in [0.5, 0.6) is 11.5 Å². The van der Waals surface area contributed by atoms with Crippen LogP contribution in [0.25, 0.3) is 0 Å². The van der Waals surface area contributed by atoms with Gasteiger partial charge in [0.05, 0.1) is 12.7 Å². The largest absolute Gasteiger partial charge is 0.504 e. The van der Waals surface area contributed by atoms with E-state index >= 15 is 0 Å². The smallest absolute Gasteiger partial charge is 0.161 e. The molecule has 1 aromatic rings. The van der Waals surface area contributed by atoms with Crippen molar-refractivity contribution in [2.24, 2.45) is 0 Å². The molecule has 0 aliphatic heterocycles. The normalized spacial score (nSPS) is 14.5. The first-order chi connectivity index (χ1) is 7.60. The first-order valence-electron chi connectivity index (χ1n) is 5.02. The maximum atomic E-state index is 9.74. The van der Waals surface area contributed by atoms with Gasteiger partial charge >= 0.3 is 0 Å². The predicted molar refractivity (Wildman–Crippen MR) is 64.1 cm³/mol. The summed E-state index contributed by atoms with van der Waals surface area (Å²) >= 11 is 3.90. The molecule has 0 aliphatic carbocycles. The molecule has 1 rings (SSSR count). The number of rotatable bonds is 5. The number of ether oxygens (including phenoxy) is 1. The monoisotopic (exact) mass is 244 g/mol. The van der Waals surface area contributed by atoms with Crippen LogP contribution in [-0.4, -0.2) is 33.8 Å². The number of benzene rings is 1. The zero-order valence-electron chi connectivity index (χ0n) is 9.00. The van der Waals surface area contributed by atoms with E-state index < -0.39 is 12.2 Å². The van der Waals surface area contributed by atoms with Crippen molar-refractivity contribution in [3.05, 3.63) is 23.8 Å². The summed E-state index contributed by atoms with van der Waals surface area (Å²) < 4.78 is 5.18. The van der Waals surface area contributed by atoms with Gasteiger partial charge in [0.15, 0.2) is 11.5 Å². The van der Waals surface area contributed by atoms with E-state index in [-0.39, 0.29) is 11.5 Å². The first kappa shape index (κ1) is 13.2. The Kier molecular flexibility index (Phi) is 4.92. The number of thiol groups is 1. The van der Waals surface area contributed by atoms with Crippen molar-refractivity contribution in [1.29, 1.82) is 0 Å². The van der Waals surface area contributed by atoms with Crippen LogP contribution in [0.4, 0.5) is 0 Å². The van der Waals surface area contributed by atoms with Gasteiger partial charge in [-0.1, -0.05) is 6.07 Å². The molecule has 2 unspecified atom stereocenters. The Morgan fingerprint density at radius 3 is 2.62 bits per heavy atom. The summed E-state index contributed by atoms with van der Waals surface area (Å²) in [6, 6.07) is 4.47. The van der Waals surface area contributed by atoms with Crippen LogP contribution in [-0.2, 0) is 0 Å². The zero-order chi connectivity index (χ0) is 12.1. The molecule has 0 fully saturated rings. The summed E-state index contributed by atoms with van der Waals surface area (Å²) in [6.45, 7) is 2.22. The van der Waals surface area contributed by atoms with E-state index in [1.54, 1.807) is 6.92 Å². The molecule has 4 nitrogen and oxygen atoms in total. The van der Waals surface area contributed by atoms with Crippen molar-refractivity contribution in [3.63, 3.8) is 0 Å². The average molecular weight is 244 g/mol. The van der Waals surface area contributed by atoms with Crippen molar-refractivity contribution in [1.82, 2.24) is 0 Å². The fourth-order valence-corrected chi connectivity index (χ4v) is 1.51. The number of hydrogen-bond acceptors (Lipinski definition) is 5. The standard InChI is InChI=1S/C11H16O4S/c1-2-15-10-5-7(3-4-8(10)12)11(14)9(13)6-16/h3-5,9,11-14,16H,2,6H2,1H3. The van der Waals surface area contributed by atoms with Crippen LogP contribution in [0.15, 0.2) is 18.2 Å². The van der Waals surface area contributed by atoms with Crippen LogP contribution in [0.3, 0.4) is 0 Å². The molecule has 0 aromatic heterocycles. The molecule has 3 N–H and O–H groups in total. The Hall–Kier alpha value is -0.910. The van der Waals surface area contributed by atoms with E-state index in [9.17, 15) is 15.3 Å². The van der Waals surface area contributed by atoms with E-state index in [1.807, 2.05) is 0 Å². The molecule has 1 aromatic carbocycles. The lowest BCUT2D eigenvalue weighted by Gasteiger charge is -2.17. The van der Waals surface area contributed by atoms with Crippen LogP contribution in [0, 0.1) is 0 Å². The van der Waals surface area contributed by atoms with Gasteiger partial charge in [0.2, 0.25) is 0 Å². The number of phenolic OH excluding ortho intramolecular Hbond substituents is 1. The van der Waals surface area contributed by atoms with Crippen molar-refractivity contribution in [3.8, 4) is 11.5 Å². The lowest BCUT2D eigenvalue weighted by Crippen LogP contribution is -2.19. The highest BCUT2D eigenvalue weighted by Gasteiger charge is 2.18. The Morgan fingerprint density at radius 2 is 2.06 bits per heavy atom. The van der Waals surface area contributed by atoms with Crippen molar-refractivity contribution in [2.45, 2.75) is 19.1 Å². The minimum atomic E-state index is -1.03. The van der Waals surface area contributed by atoms with Gasteiger partial charge in [-0.25, -0.2) is 0 Å².